The van der Waals surface area contributed by atoms with Gasteiger partial charge in [-0.15, -0.1) is 0 Å². The average molecular weight is 587 g/mol. The minimum Gasteiger partial charge on any atom is -0.455 e. The van der Waals surface area contributed by atoms with Crippen LogP contribution in [0.15, 0.2) is 167 Å². The number of rotatable bonds is 3. The summed E-state index contributed by atoms with van der Waals surface area (Å²) >= 11 is 0. The standard InChI is InChI=1S/C44H26O2/c1-3-13-27(14-4-1)40-32-19-7-8-20-33(32)41(28-15-5-2-6-16-28)35-25-29(23-24-34(35)40)42-43-36(30-17-9-11-21-38(30)45-43)26-37-31-18-10-12-22-39(31)46-44(37)42/h1-26H. The molecule has 0 saturated heterocycles. The first-order valence-electron chi connectivity index (χ1n) is 15.7. The van der Waals surface area contributed by atoms with Crippen molar-refractivity contribution < 1.29 is 8.83 Å². The molecular weight excluding hydrogens is 560 g/mol. The van der Waals surface area contributed by atoms with Crippen LogP contribution in [-0.2, 0) is 0 Å². The fourth-order valence-electron chi connectivity index (χ4n) is 7.46. The third-order valence-corrected chi connectivity index (χ3v) is 9.45. The molecule has 10 aromatic rings. The summed E-state index contributed by atoms with van der Waals surface area (Å²) in [7, 11) is 0. The van der Waals surface area contributed by atoms with E-state index in [-0.39, 0.29) is 0 Å². The van der Waals surface area contributed by atoms with Crippen molar-refractivity contribution in [3.05, 3.63) is 158 Å². The predicted octanol–water partition coefficient (Wildman–Crippen LogP) is 12.8. The molecule has 2 heterocycles. The Kier molecular flexibility index (Phi) is 5.31. The quantitative estimate of drug-likeness (QED) is 0.193. The van der Waals surface area contributed by atoms with Crippen LogP contribution in [0.25, 0.3) is 98.8 Å². The molecule has 2 aromatic heterocycles. The van der Waals surface area contributed by atoms with Crippen molar-refractivity contribution in [2.75, 3.05) is 0 Å². The van der Waals surface area contributed by atoms with E-state index in [1.54, 1.807) is 0 Å². The molecule has 0 aliphatic carbocycles. The maximum atomic E-state index is 6.67. The van der Waals surface area contributed by atoms with Gasteiger partial charge in [0.05, 0.1) is 5.56 Å². The maximum absolute atomic E-state index is 6.67. The molecule has 0 amide bonds. The van der Waals surface area contributed by atoms with E-state index in [1.165, 1.54) is 43.8 Å². The van der Waals surface area contributed by atoms with Gasteiger partial charge in [-0.25, -0.2) is 0 Å². The third-order valence-electron chi connectivity index (χ3n) is 9.45. The van der Waals surface area contributed by atoms with Crippen LogP contribution < -0.4 is 0 Å². The highest BCUT2D eigenvalue weighted by atomic mass is 16.3. The molecule has 10 rings (SSSR count). The first kappa shape index (κ1) is 25.2. The van der Waals surface area contributed by atoms with Gasteiger partial charge >= 0.3 is 0 Å². The highest BCUT2D eigenvalue weighted by Gasteiger charge is 2.23. The molecule has 0 spiro atoms. The lowest BCUT2D eigenvalue weighted by Gasteiger charge is -2.18. The van der Waals surface area contributed by atoms with Crippen LogP contribution in [0.2, 0.25) is 0 Å². The second kappa shape index (κ2) is 9.69. The molecule has 0 N–H and O–H groups in total. The van der Waals surface area contributed by atoms with Gasteiger partial charge in [0.15, 0.2) is 0 Å². The molecule has 0 bridgehead atoms. The Morgan fingerprint density at radius 3 is 1.24 bits per heavy atom. The van der Waals surface area contributed by atoms with E-state index < -0.39 is 0 Å². The zero-order valence-corrected chi connectivity index (χ0v) is 24.8. The lowest BCUT2D eigenvalue weighted by molar-refractivity contribution is 0.658. The van der Waals surface area contributed by atoms with Gasteiger partial charge in [-0.2, -0.15) is 0 Å². The van der Waals surface area contributed by atoms with Gasteiger partial charge < -0.3 is 8.83 Å². The minimum absolute atomic E-state index is 0.845. The number of hydrogen-bond acceptors (Lipinski definition) is 2. The number of furan rings is 2. The van der Waals surface area contributed by atoms with Crippen molar-refractivity contribution in [3.63, 3.8) is 0 Å². The number of hydrogen-bond donors (Lipinski definition) is 0. The molecule has 2 heteroatoms. The van der Waals surface area contributed by atoms with Gasteiger partial charge in [0.1, 0.15) is 22.3 Å². The van der Waals surface area contributed by atoms with Crippen LogP contribution in [0.3, 0.4) is 0 Å². The zero-order chi connectivity index (χ0) is 30.2. The van der Waals surface area contributed by atoms with Crippen LogP contribution in [0.5, 0.6) is 0 Å². The molecule has 0 saturated carbocycles. The van der Waals surface area contributed by atoms with E-state index in [0.29, 0.717) is 0 Å². The Bertz CT molecular complexity index is 2690. The van der Waals surface area contributed by atoms with Crippen molar-refractivity contribution >= 4 is 65.4 Å². The molecule has 214 valence electrons. The Morgan fingerprint density at radius 2 is 0.696 bits per heavy atom. The molecule has 0 unspecified atom stereocenters. The van der Waals surface area contributed by atoms with Crippen molar-refractivity contribution in [2.24, 2.45) is 0 Å². The second-order valence-corrected chi connectivity index (χ2v) is 12.0. The van der Waals surface area contributed by atoms with E-state index in [9.17, 15) is 0 Å². The number of fused-ring (bicyclic) bond motifs is 8. The van der Waals surface area contributed by atoms with Gasteiger partial charge in [-0.1, -0.05) is 133 Å². The van der Waals surface area contributed by atoms with Crippen LogP contribution in [-0.4, -0.2) is 0 Å². The molecule has 8 aromatic carbocycles. The summed E-state index contributed by atoms with van der Waals surface area (Å²) in [6, 6.07) is 56.0. The lowest BCUT2D eigenvalue weighted by atomic mass is 9.84. The van der Waals surface area contributed by atoms with Crippen molar-refractivity contribution in [1.82, 2.24) is 0 Å². The minimum atomic E-state index is 0.845. The summed E-state index contributed by atoms with van der Waals surface area (Å²) in [6.45, 7) is 0. The second-order valence-electron chi connectivity index (χ2n) is 12.0. The van der Waals surface area contributed by atoms with Crippen molar-refractivity contribution in [1.29, 1.82) is 0 Å². The summed E-state index contributed by atoms with van der Waals surface area (Å²) < 4.78 is 13.3. The topological polar surface area (TPSA) is 26.3 Å². The van der Waals surface area contributed by atoms with Crippen molar-refractivity contribution in [3.8, 4) is 33.4 Å². The van der Waals surface area contributed by atoms with Gasteiger partial charge in [0.2, 0.25) is 0 Å². The van der Waals surface area contributed by atoms with E-state index >= 15 is 0 Å². The monoisotopic (exact) mass is 586 g/mol. The first-order valence-corrected chi connectivity index (χ1v) is 15.7. The highest BCUT2D eigenvalue weighted by Crippen LogP contribution is 2.48. The Hall–Kier alpha value is -6.12. The SMILES string of the molecule is c1ccc(-c2c3ccccc3c(-c3ccccc3)c3cc(-c4c5oc6ccccc6c5cc5c4oc4ccccc45)ccc23)cc1. The maximum Gasteiger partial charge on any atom is 0.147 e. The van der Waals surface area contributed by atoms with Crippen LogP contribution in [0, 0.1) is 0 Å². The summed E-state index contributed by atoms with van der Waals surface area (Å²) in [4.78, 5) is 0. The fraction of sp³-hybridized carbons (Fsp3) is 0. The Balaban J connectivity index is 1.40. The van der Waals surface area contributed by atoms with Crippen LogP contribution in [0.4, 0.5) is 0 Å². The molecule has 0 aliphatic rings. The summed E-state index contributed by atoms with van der Waals surface area (Å²) in [6.07, 6.45) is 0. The molecule has 0 aliphatic heterocycles. The molecule has 2 nitrogen and oxygen atoms in total. The van der Waals surface area contributed by atoms with E-state index in [0.717, 1.165) is 55.0 Å². The lowest BCUT2D eigenvalue weighted by Crippen LogP contribution is -1.92. The predicted molar refractivity (Wildman–Crippen MR) is 192 cm³/mol. The molecule has 46 heavy (non-hydrogen) atoms. The largest absolute Gasteiger partial charge is 0.455 e. The van der Waals surface area contributed by atoms with Gasteiger partial charge in [0, 0.05) is 21.5 Å². The van der Waals surface area contributed by atoms with E-state index in [1.807, 2.05) is 24.3 Å². The molecule has 0 radical (unpaired) electrons. The number of para-hydroxylation sites is 2. The molecular formula is C44H26O2. The summed E-state index contributed by atoms with van der Waals surface area (Å²) in [5.74, 6) is 0. The average Bonchev–Trinajstić information content (AvgIpc) is 3.68. The van der Waals surface area contributed by atoms with Gasteiger partial charge in [-0.3, -0.25) is 0 Å². The highest BCUT2D eigenvalue weighted by molar-refractivity contribution is 6.25. The van der Waals surface area contributed by atoms with Gasteiger partial charge in [-0.05, 0) is 73.6 Å². The summed E-state index contributed by atoms with van der Waals surface area (Å²) in [5.41, 5.74) is 10.3. The smallest absolute Gasteiger partial charge is 0.147 e. The fourth-order valence-corrected chi connectivity index (χ4v) is 7.46. The number of benzene rings is 8. The zero-order valence-electron chi connectivity index (χ0n) is 24.8. The van der Waals surface area contributed by atoms with E-state index in [4.69, 9.17) is 8.83 Å². The molecule has 0 fully saturated rings. The Labute approximate surface area is 264 Å². The summed E-state index contributed by atoms with van der Waals surface area (Å²) in [5, 5.41) is 9.28. The first-order chi connectivity index (χ1) is 22.8. The molecule has 0 atom stereocenters. The third kappa shape index (κ3) is 3.59. The Morgan fingerprint density at radius 1 is 0.261 bits per heavy atom. The van der Waals surface area contributed by atoms with Crippen LogP contribution in [0.1, 0.15) is 0 Å². The van der Waals surface area contributed by atoms with Crippen LogP contribution >= 0.6 is 0 Å². The normalized spacial score (nSPS) is 11.9. The van der Waals surface area contributed by atoms with Gasteiger partial charge in [0.25, 0.3) is 0 Å². The van der Waals surface area contributed by atoms with Crippen molar-refractivity contribution in [2.45, 2.75) is 0 Å². The van der Waals surface area contributed by atoms with E-state index in [2.05, 4.69) is 133 Å².